The van der Waals surface area contributed by atoms with E-state index >= 15 is 0 Å². The number of hydrogen-bond donors (Lipinski definition) is 4. The number of carbonyl (C=O) groups excluding carboxylic acids is 2. The summed E-state index contributed by atoms with van der Waals surface area (Å²) >= 11 is 9.14. The van der Waals surface area contributed by atoms with Crippen molar-refractivity contribution in [2.45, 2.75) is 6.92 Å². The SMILES string of the molecule is Cc1cccc(NC(=O)N2CCN(c3nc(N)nc4sc(-c5ccccc5)cc34)CC2)c1.Nc1nc(N2CCN(C(=O)Nc3ccc(Cl)cc3)CC2)c2cc(-c3ccccc3)sc2n1. The molecule has 14 nitrogen and oxygen atoms in total. The van der Waals surface area contributed by atoms with E-state index in [2.05, 4.69) is 76.8 Å². The Hall–Kier alpha value is -7.01. The average molecular weight is 910 g/mol. The van der Waals surface area contributed by atoms with Crippen LogP contribution in [0.1, 0.15) is 5.56 Å². The van der Waals surface area contributed by atoms with Gasteiger partial charge >= 0.3 is 12.1 Å². The summed E-state index contributed by atoms with van der Waals surface area (Å²) < 4.78 is 0. The highest BCUT2D eigenvalue weighted by molar-refractivity contribution is 7.22. The minimum Gasteiger partial charge on any atom is -0.368 e. The first-order chi connectivity index (χ1) is 31.1. The number of aromatic nitrogens is 4. The Labute approximate surface area is 383 Å². The number of piperazine rings is 2. The van der Waals surface area contributed by atoms with Crippen LogP contribution in [0.5, 0.6) is 0 Å². The minimum absolute atomic E-state index is 0.0792. The highest BCUT2D eigenvalue weighted by Crippen LogP contribution is 2.39. The van der Waals surface area contributed by atoms with E-state index in [1.54, 1.807) is 51.8 Å². The number of nitrogen functional groups attached to an aromatic ring is 2. The second-order valence-corrected chi connectivity index (χ2v) is 17.9. The second kappa shape index (κ2) is 18.8. The van der Waals surface area contributed by atoms with Crippen molar-refractivity contribution in [2.75, 3.05) is 84.3 Å². The van der Waals surface area contributed by atoms with Gasteiger partial charge in [0.15, 0.2) is 0 Å². The molecule has 17 heteroatoms. The van der Waals surface area contributed by atoms with Gasteiger partial charge in [-0.2, -0.15) is 9.97 Å². The molecule has 0 saturated carbocycles. The first-order valence-corrected chi connectivity index (χ1v) is 22.8. The zero-order valence-electron chi connectivity index (χ0n) is 34.9. The first-order valence-electron chi connectivity index (χ1n) is 20.8. The number of nitrogens with two attached hydrogens (primary N) is 2. The fourth-order valence-electron chi connectivity index (χ4n) is 7.72. The molecule has 2 fully saturated rings. The Kier molecular flexibility index (Phi) is 12.4. The number of rotatable bonds is 6. The van der Waals surface area contributed by atoms with E-state index in [1.165, 1.54) is 0 Å². The van der Waals surface area contributed by atoms with E-state index < -0.39 is 0 Å². The van der Waals surface area contributed by atoms with Crippen LogP contribution >= 0.6 is 34.3 Å². The number of hydrogen-bond acceptors (Lipinski definition) is 12. The van der Waals surface area contributed by atoms with Crippen molar-refractivity contribution in [1.82, 2.24) is 29.7 Å². The smallest absolute Gasteiger partial charge is 0.321 e. The van der Waals surface area contributed by atoms with Crippen LogP contribution in [0.3, 0.4) is 0 Å². The van der Waals surface area contributed by atoms with Gasteiger partial charge in [0.2, 0.25) is 11.9 Å². The number of nitrogens with one attached hydrogen (secondary N) is 2. The predicted molar refractivity (Wildman–Crippen MR) is 263 cm³/mol. The third kappa shape index (κ3) is 9.63. The number of anilines is 6. The minimum atomic E-state index is -0.124. The lowest BCUT2D eigenvalue weighted by atomic mass is 10.2. The van der Waals surface area contributed by atoms with E-state index in [9.17, 15) is 9.59 Å². The van der Waals surface area contributed by atoms with Crippen molar-refractivity contribution in [3.05, 3.63) is 132 Å². The molecule has 4 amide bonds. The van der Waals surface area contributed by atoms with Crippen molar-refractivity contribution in [3.8, 4) is 20.9 Å². The van der Waals surface area contributed by atoms with Gasteiger partial charge in [0.05, 0.1) is 10.8 Å². The second-order valence-electron chi connectivity index (χ2n) is 15.4. The molecule has 8 aromatic rings. The number of benzene rings is 4. The van der Waals surface area contributed by atoms with Crippen LogP contribution < -0.4 is 31.9 Å². The maximum atomic E-state index is 12.7. The Balaban J connectivity index is 0.000000162. The zero-order chi connectivity index (χ0) is 44.2. The third-order valence-electron chi connectivity index (χ3n) is 11.0. The van der Waals surface area contributed by atoms with Crippen LogP contribution in [0.4, 0.5) is 44.5 Å². The van der Waals surface area contributed by atoms with Gasteiger partial charge in [0.25, 0.3) is 0 Å². The van der Waals surface area contributed by atoms with Gasteiger partial charge in [-0.15, -0.1) is 22.7 Å². The summed E-state index contributed by atoms with van der Waals surface area (Å²) in [4.78, 5) is 55.4. The number of urea groups is 2. The Morgan fingerprint density at radius 3 is 1.45 bits per heavy atom. The molecule has 0 radical (unpaired) electrons. The molecule has 6 N–H and O–H groups in total. The van der Waals surface area contributed by atoms with Crippen LogP contribution in [-0.4, -0.2) is 94.2 Å². The summed E-state index contributed by atoms with van der Waals surface area (Å²) in [5, 5.41) is 8.54. The fourth-order valence-corrected chi connectivity index (χ4v) is 9.92. The number of nitrogens with zero attached hydrogens (tertiary/aromatic N) is 8. The summed E-state index contributed by atoms with van der Waals surface area (Å²) in [5.74, 6) is 2.19. The molecule has 0 atom stereocenters. The van der Waals surface area contributed by atoms with Gasteiger partial charge in [0, 0.05) is 78.5 Å². The average Bonchev–Trinajstić information content (AvgIpc) is 3.95. The molecule has 64 heavy (non-hydrogen) atoms. The molecule has 6 heterocycles. The van der Waals surface area contributed by atoms with Crippen LogP contribution in [0.15, 0.2) is 121 Å². The van der Waals surface area contributed by atoms with Crippen LogP contribution in [0.25, 0.3) is 41.3 Å². The van der Waals surface area contributed by atoms with E-state index in [0.717, 1.165) is 69.9 Å². The quantitative estimate of drug-likeness (QED) is 0.126. The third-order valence-corrected chi connectivity index (χ3v) is 13.4. The number of thiophene rings is 2. The van der Waals surface area contributed by atoms with E-state index in [0.29, 0.717) is 57.4 Å². The van der Waals surface area contributed by atoms with Gasteiger partial charge in [-0.05, 0) is 72.1 Å². The summed E-state index contributed by atoms with van der Waals surface area (Å²) in [5.41, 5.74) is 17.0. The lowest BCUT2D eigenvalue weighted by molar-refractivity contribution is 0.207. The van der Waals surface area contributed by atoms with Crippen LogP contribution in [0, 0.1) is 6.92 Å². The van der Waals surface area contributed by atoms with Crippen molar-refractivity contribution in [3.63, 3.8) is 0 Å². The molecule has 2 aliphatic rings. The number of fused-ring (bicyclic) bond motifs is 2. The molecule has 0 unspecified atom stereocenters. The molecule has 324 valence electrons. The Morgan fingerprint density at radius 1 is 0.547 bits per heavy atom. The van der Waals surface area contributed by atoms with Crippen molar-refractivity contribution < 1.29 is 9.59 Å². The molecule has 0 aliphatic carbocycles. The molecule has 0 bridgehead atoms. The van der Waals surface area contributed by atoms with Gasteiger partial charge in [0.1, 0.15) is 21.3 Å². The van der Waals surface area contributed by atoms with Crippen molar-refractivity contribution in [1.29, 1.82) is 0 Å². The maximum Gasteiger partial charge on any atom is 0.321 e. The van der Waals surface area contributed by atoms with Gasteiger partial charge in [-0.3, -0.25) is 0 Å². The van der Waals surface area contributed by atoms with Gasteiger partial charge in [-0.25, -0.2) is 19.6 Å². The Bertz CT molecular complexity index is 2920. The normalized spacial score (nSPS) is 14.0. The van der Waals surface area contributed by atoms with Crippen LogP contribution in [-0.2, 0) is 0 Å². The Morgan fingerprint density at radius 2 is 1.00 bits per heavy atom. The summed E-state index contributed by atoms with van der Waals surface area (Å²) in [6.07, 6.45) is 0. The van der Waals surface area contributed by atoms with Crippen molar-refractivity contribution >= 4 is 102 Å². The molecular formula is C47H45ClN12O2S2. The summed E-state index contributed by atoms with van der Waals surface area (Å²) in [7, 11) is 0. The molecule has 2 aliphatic heterocycles. The summed E-state index contributed by atoms with van der Waals surface area (Å²) in [6.45, 7) is 7.09. The van der Waals surface area contributed by atoms with E-state index in [1.807, 2.05) is 72.5 Å². The van der Waals surface area contributed by atoms with Crippen molar-refractivity contribution in [2.24, 2.45) is 0 Å². The lowest BCUT2D eigenvalue weighted by Gasteiger charge is -2.35. The standard InChI is InChI=1S/C24H24N6OS.C23H21ClN6OS/c1-16-6-5-9-18(14-16)26-24(31)30-12-10-29(11-13-30)21-19-15-20(17-7-3-2-4-8-17)32-22(19)28-23(25)27-21;24-16-6-8-17(9-7-16)26-23(31)30-12-10-29(11-13-30)20-18-14-19(15-4-2-1-3-5-15)32-21(18)28-22(25)27-20/h2-9,14-15H,10-13H2,1H3,(H,26,31)(H2,25,27,28);1-9,14H,10-13H2,(H,26,31)(H2,25,27,28). The first kappa shape index (κ1) is 42.3. The number of carbonyl (C=O) groups is 2. The number of halogens is 1. The van der Waals surface area contributed by atoms with E-state index in [-0.39, 0.29) is 24.0 Å². The molecular weight excluding hydrogens is 864 g/mol. The summed E-state index contributed by atoms with van der Waals surface area (Å²) in [6, 6.07) is 39.4. The molecule has 2 saturated heterocycles. The zero-order valence-corrected chi connectivity index (χ0v) is 37.3. The monoisotopic (exact) mass is 908 g/mol. The van der Waals surface area contributed by atoms with E-state index in [4.69, 9.17) is 23.1 Å². The highest BCUT2D eigenvalue weighted by atomic mass is 35.5. The predicted octanol–water partition coefficient (Wildman–Crippen LogP) is 9.55. The fraction of sp³-hybridized carbons (Fsp3) is 0.191. The molecule has 0 spiro atoms. The van der Waals surface area contributed by atoms with Gasteiger partial charge in [-0.1, -0.05) is 84.4 Å². The largest absolute Gasteiger partial charge is 0.368 e. The number of aryl methyl sites for hydroxylation is 1. The maximum absolute atomic E-state index is 12.7. The van der Waals surface area contributed by atoms with Crippen LogP contribution in [0.2, 0.25) is 5.02 Å². The highest BCUT2D eigenvalue weighted by Gasteiger charge is 2.26. The molecule has 10 rings (SSSR count). The number of amides is 4. The molecule has 4 aromatic carbocycles. The topological polar surface area (TPSA) is 175 Å². The van der Waals surface area contributed by atoms with Gasteiger partial charge < -0.3 is 41.7 Å². The molecule has 4 aromatic heterocycles. The lowest BCUT2D eigenvalue weighted by Crippen LogP contribution is -2.50.